The zero-order valence-corrected chi connectivity index (χ0v) is 23.6. The Morgan fingerprint density at radius 1 is 1.09 bits per heavy atom. The Morgan fingerprint density at radius 2 is 1.80 bits per heavy atom. The van der Waals surface area contributed by atoms with E-state index in [-0.39, 0.29) is 18.2 Å². The highest BCUT2D eigenvalue weighted by Crippen LogP contribution is 2.33. The molecule has 0 unspecified atom stereocenters. The Morgan fingerprint density at radius 3 is 2.46 bits per heavy atom. The van der Waals surface area contributed by atoms with Gasteiger partial charge in [-0.1, -0.05) is 31.2 Å². The predicted octanol–water partition coefficient (Wildman–Crippen LogP) is 6.84. The van der Waals surface area contributed by atoms with E-state index in [2.05, 4.69) is 62.4 Å². The number of non-ortho nitro benzene ring substituents is 1. The van der Waals surface area contributed by atoms with E-state index in [1.54, 1.807) is 12.1 Å². The van der Waals surface area contributed by atoms with E-state index in [4.69, 9.17) is 4.74 Å². The first-order chi connectivity index (χ1) is 16.8. The lowest BCUT2D eigenvalue weighted by Crippen LogP contribution is -2.19. The monoisotopic (exact) mass is 711 g/mol. The van der Waals surface area contributed by atoms with Crippen molar-refractivity contribution in [1.82, 2.24) is 5.32 Å². The standard InChI is InChI=1S/C25H19I2N3O4S/c1-2-15-6-8-18(9-7-15)28-25-29-24(31)22(35-25)13-17-11-20(26)23(21(27)12-17)34-14-16-4-3-5-19(10-16)30(32)33/h3-13H,2,14H2,1H3,(H,28,29,31)/b22-13-. The zero-order valence-electron chi connectivity index (χ0n) is 18.5. The van der Waals surface area contributed by atoms with Gasteiger partial charge in [0, 0.05) is 12.1 Å². The summed E-state index contributed by atoms with van der Waals surface area (Å²) in [5, 5.41) is 14.4. The molecule has 3 aromatic carbocycles. The van der Waals surface area contributed by atoms with Gasteiger partial charge in [0.1, 0.15) is 12.4 Å². The van der Waals surface area contributed by atoms with Crippen LogP contribution in [0.3, 0.4) is 0 Å². The van der Waals surface area contributed by atoms with Crippen molar-refractivity contribution < 1.29 is 14.5 Å². The van der Waals surface area contributed by atoms with Crippen molar-refractivity contribution in [2.45, 2.75) is 20.0 Å². The number of thioether (sulfide) groups is 1. The molecule has 1 heterocycles. The minimum atomic E-state index is -0.422. The number of halogens is 2. The molecule has 0 aromatic heterocycles. The summed E-state index contributed by atoms with van der Waals surface area (Å²) in [5.41, 5.74) is 3.64. The number of hydrogen-bond donors (Lipinski definition) is 1. The number of aryl methyl sites for hydroxylation is 1. The average molecular weight is 711 g/mol. The molecular weight excluding hydrogens is 692 g/mol. The third-order valence-corrected chi connectivity index (χ3v) is 7.56. The first-order valence-electron chi connectivity index (χ1n) is 10.6. The first kappa shape index (κ1) is 25.6. The normalized spacial score (nSPS) is 15.5. The minimum absolute atomic E-state index is 0.0330. The first-order valence-corrected chi connectivity index (χ1v) is 13.5. The van der Waals surface area contributed by atoms with Gasteiger partial charge in [0.05, 0.1) is 22.7 Å². The number of carbonyl (C=O) groups is 1. The van der Waals surface area contributed by atoms with Crippen LogP contribution in [0, 0.1) is 17.3 Å². The predicted molar refractivity (Wildman–Crippen MR) is 156 cm³/mol. The highest BCUT2D eigenvalue weighted by atomic mass is 127. The molecule has 1 aliphatic heterocycles. The van der Waals surface area contributed by atoms with Crippen LogP contribution in [0.2, 0.25) is 0 Å². The maximum Gasteiger partial charge on any atom is 0.269 e. The molecule has 0 saturated carbocycles. The Labute approximate surface area is 233 Å². The van der Waals surface area contributed by atoms with Gasteiger partial charge in [-0.3, -0.25) is 14.9 Å². The molecule has 7 nitrogen and oxygen atoms in total. The largest absolute Gasteiger partial charge is 0.487 e. The maximum absolute atomic E-state index is 12.5. The third-order valence-electron chi connectivity index (χ3n) is 5.05. The lowest BCUT2D eigenvalue weighted by molar-refractivity contribution is -0.384. The summed E-state index contributed by atoms with van der Waals surface area (Å²) in [7, 11) is 0. The summed E-state index contributed by atoms with van der Waals surface area (Å²) in [6.07, 6.45) is 2.79. The molecule has 0 aliphatic carbocycles. The number of hydrogen-bond acceptors (Lipinski definition) is 6. The van der Waals surface area contributed by atoms with Crippen molar-refractivity contribution in [2.75, 3.05) is 0 Å². The van der Waals surface area contributed by atoms with Crippen LogP contribution in [0.25, 0.3) is 6.08 Å². The number of nitrogens with zero attached hydrogens (tertiary/aromatic N) is 2. The van der Waals surface area contributed by atoms with Gasteiger partial charge in [-0.15, -0.1) is 0 Å². The van der Waals surface area contributed by atoms with Crippen molar-refractivity contribution in [3.8, 4) is 5.75 Å². The van der Waals surface area contributed by atoms with E-state index < -0.39 is 4.92 Å². The number of amides is 1. The molecule has 1 aliphatic rings. The topological polar surface area (TPSA) is 93.8 Å². The van der Waals surface area contributed by atoms with Crippen molar-refractivity contribution >= 4 is 85.5 Å². The second kappa shape index (κ2) is 11.5. The van der Waals surface area contributed by atoms with E-state index in [0.717, 1.165) is 24.8 Å². The van der Waals surface area contributed by atoms with E-state index in [1.165, 1.54) is 29.5 Å². The summed E-state index contributed by atoms with van der Waals surface area (Å²) in [6, 6.07) is 18.2. The van der Waals surface area contributed by atoms with E-state index in [0.29, 0.717) is 21.4 Å². The number of benzene rings is 3. The number of carbonyl (C=O) groups excluding carboxylic acids is 1. The number of ether oxygens (including phenoxy) is 1. The molecule has 1 saturated heterocycles. The fourth-order valence-electron chi connectivity index (χ4n) is 3.27. The number of amidine groups is 1. The molecule has 0 bridgehead atoms. The van der Waals surface area contributed by atoms with Gasteiger partial charge < -0.3 is 10.1 Å². The molecule has 1 amide bonds. The van der Waals surface area contributed by atoms with Gasteiger partial charge in [-0.2, -0.15) is 0 Å². The van der Waals surface area contributed by atoms with Crippen molar-refractivity contribution in [3.05, 3.63) is 99.5 Å². The average Bonchev–Trinajstić information content (AvgIpc) is 3.17. The zero-order chi connectivity index (χ0) is 24.9. The van der Waals surface area contributed by atoms with Crippen LogP contribution in [0.15, 0.2) is 70.6 Å². The maximum atomic E-state index is 12.5. The number of nitrogens with one attached hydrogen (secondary N) is 1. The van der Waals surface area contributed by atoms with Gasteiger partial charge in [0.15, 0.2) is 5.17 Å². The number of nitro benzene ring substituents is 1. The molecule has 0 spiro atoms. The van der Waals surface area contributed by atoms with E-state index in [9.17, 15) is 14.9 Å². The molecule has 10 heteroatoms. The van der Waals surface area contributed by atoms with Crippen LogP contribution >= 0.6 is 56.9 Å². The van der Waals surface area contributed by atoms with E-state index in [1.807, 2.05) is 42.5 Å². The quantitative estimate of drug-likeness (QED) is 0.126. The van der Waals surface area contributed by atoms with Gasteiger partial charge >= 0.3 is 0 Å². The Bertz CT molecular complexity index is 1330. The van der Waals surface area contributed by atoms with Crippen molar-refractivity contribution in [2.24, 2.45) is 4.99 Å². The van der Waals surface area contributed by atoms with Crippen LogP contribution in [0.5, 0.6) is 5.75 Å². The molecule has 4 rings (SSSR count). The van der Waals surface area contributed by atoms with Crippen LogP contribution in [-0.2, 0) is 17.8 Å². The molecule has 35 heavy (non-hydrogen) atoms. The second-order valence-electron chi connectivity index (χ2n) is 7.53. The van der Waals surface area contributed by atoms with Crippen molar-refractivity contribution in [1.29, 1.82) is 0 Å². The molecule has 0 radical (unpaired) electrons. The van der Waals surface area contributed by atoms with Gasteiger partial charge in [-0.25, -0.2) is 4.99 Å². The molecule has 1 fully saturated rings. The SMILES string of the molecule is CCc1ccc(N=C2NC(=O)/C(=C/c3cc(I)c(OCc4cccc([N+](=O)[O-])c4)c(I)c3)S2)cc1. The number of rotatable bonds is 7. The summed E-state index contributed by atoms with van der Waals surface area (Å²) in [6.45, 7) is 2.31. The number of aliphatic imine (C=N–C) groups is 1. The highest BCUT2D eigenvalue weighted by molar-refractivity contribution is 14.1. The molecular formula is C25H19I2N3O4S. The second-order valence-corrected chi connectivity index (χ2v) is 10.9. The van der Waals surface area contributed by atoms with Crippen LogP contribution < -0.4 is 10.1 Å². The molecule has 0 atom stereocenters. The van der Waals surface area contributed by atoms with Crippen molar-refractivity contribution in [3.63, 3.8) is 0 Å². The van der Waals surface area contributed by atoms with Crippen LogP contribution in [0.4, 0.5) is 11.4 Å². The fourth-order valence-corrected chi connectivity index (χ4v) is 6.24. The molecule has 178 valence electrons. The van der Waals surface area contributed by atoms with Crippen LogP contribution in [-0.4, -0.2) is 16.0 Å². The van der Waals surface area contributed by atoms with Crippen LogP contribution in [0.1, 0.15) is 23.6 Å². The fraction of sp³-hybridized carbons (Fsp3) is 0.120. The van der Waals surface area contributed by atoms with Gasteiger partial charge in [-0.05, 0) is 110 Å². The third kappa shape index (κ3) is 6.61. The lowest BCUT2D eigenvalue weighted by Gasteiger charge is -2.11. The highest BCUT2D eigenvalue weighted by Gasteiger charge is 2.24. The Kier molecular flexibility index (Phi) is 8.44. The Balaban J connectivity index is 1.48. The van der Waals surface area contributed by atoms with Gasteiger partial charge in [0.25, 0.3) is 11.6 Å². The summed E-state index contributed by atoms with van der Waals surface area (Å²) < 4.78 is 7.72. The summed E-state index contributed by atoms with van der Waals surface area (Å²) in [4.78, 5) is 28.2. The van der Waals surface area contributed by atoms with Gasteiger partial charge in [0.2, 0.25) is 0 Å². The molecule has 3 aromatic rings. The smallest absolute Gasteiger partial charge is 0.269 e. The number of nitro groups is 1. The Hall–Kier alpha value is -2.45. The molecule has 1 N–H and O–H groups in total. The lowest BCUT2D eigenvalue weighted by atomic mass is 10.2. The summed E-state index contributed by atoms with van der Waals surface area (Å²) >= 11 is 5.68. The minimum Gasteiger partial charge on any atom is -0.487 e. The summed E-state index contributed by atoms with van der Waals surface area (Å²) in [5.74, 6) is 0.510. The van der Waals surface area contributed by atoms with E-state index >= 15 is 0 Å².